The van der Waals surface area contributed by atoms with Crippen molar-refractivity contribution in [1.29, 1.82) is 0 Å². The molecule has 0 aromatic carbocycles. The Morgan fingerprint density at radius 2 is 2.44 bits per heavy atom. The van der Waals surface area contributed by atoms with Gasteiger partial charge in [0.05, 0.1) is 17.6 Å². The highest BCUT2D eigenvalue weighted by Crippen LogP contribution is 2.27. The standard InChI is InChI=1S/C9H13ClN4OS/c1-11-9(15)6-3-2-4-14(5-6)8-7(10)12-16-13-8/h6H,2-5H2,1H3,(H,11,15). The van der Waals surface area contributed by atoms with Crippen molar-refractivity contribution in [2.24, 2.45) is 5.92 Å². The maximum Gasteiger partial charge on any atom is 0.224 e. The predicted octanol–water partition coefficient (Wildman–Crippen LogP) is 1.15. The van der Waals surface area contributed by atoms with Crippen LogP contribution >= 0.6 is 23.3 Å². The summed E-state index contributed by atoms with van der Waals surface area (Å²) in [5, 5.41) is 3.12. The van der Waals surface area contributed by atoms with Crippen LogP contribution in [0.5, 0.6) is 0 Å². The molecule has 2 rings (SSSR count). The number of carbonyl (C=O) groups excluding carboxylic acids is 1. The van der Waals surface area contributed by atoms with Crippen LogP contribution in [0.2, 0.25) is 5.15 Å². The first kappa shape index (κ1) is 11.6. The molecule has 1 amide bonds. The number of anilines is 1. The predicted molar refractivity (Wildman–Crippen MR) is 63.9 cm³/mol. The van der Waals surface area contributed by atoms with Gasteiger partial charge < -0.3 is 10.2 Å². The number of halogens is 1. The van der Waals surface area contributed by atoms with Gasteiger partial charge in [-0.05, 0) is 12.8 Å². The number of rotatable bonds is 2. The summed E-state index contributed by atoms with van der Waals surface area (Å²) in [5.41, 5.74) is 0. The van der Waals surface area contributed by atoms with Crippen LogP contribution in [0.3, 0.4) is 0 Å². The second-order valence-electron chi connectivity index (χ2n) is 3.78. The van der Waals surface area contributed by atoms with Crippen LogP contribution in [0.4, 0.5) is 5.82 Å². The van der Waals surface area contributed by atoms with Crippen molar-refractivity contribution >= 4 is 35.1 Å². The molecule has 1 aromatic heterocycles. The molecule has 1 saturated heterocycles. The van der Waals surface area contributed by atoms with Crippen LogP contribution in [0.15, 0.2) is 0 Å². The minimum Gasteiger partial charge on any atom is -0.359 e. The van der Waals surface area contributed by atoms with Crippen LogP contribution in [0.1, 0.15) is 12.8 Å². The maximum atomic E-state index is 11.6. The number of hydrogen-bond acceptors (Lipinski definition) is 5. The van der Waals surface area contributed by atoms with Crippen molar-refractivity contribution in [3.63, 3.8) is 0 Å². The van der Waals surface area contributed by atoms with Crippen molar-refractivity contribution in [2.45, 2.75) is 12.8 Å². The molecule has 0 radical (unpaired) electrons. The Bertz CT molecular complexity index is 383. The van der Waals surface area contributed by atoms with E-state index in [-0.39, 0.29) is 11.8 Å². The number of carbonyl (C=O) groups is 1. The van der Waals surface area contributed by atoms with Gasteiger partial charge in [0.1, 0.15) is 0 Å². The molecule has 1 atom stereocenters. The first-order valence-corrected chi connectivity index (χ1v) is 6.27. The Morgan fingerprint density at radius 1 is 1.62 bits per heavy atom. The van der Waals surface area contributed by atoms with Crippen LogP contribution in [-0.4, -0.2) is 34.8 Å². The number of piperidine rings is 1. The summed E-state index contributed by atoms with van der Waals surface area (Å²) in [5.74, 6) is 0.820. The molecule has 1 N–H and O–H groups in total. The lowest BCUT2D eigenvalue weighted by Crippen LogP contribution is -2.42. The fourth-order valence-electron chi connectivity index (χ4n) is 1.95. The SMILES string of the molecule is CNC(=O)C1CCCN(c2nsnc2Cl)C1. The zero-order valence-electron chi connectivity index (χ0n) is 8.94. The molecule has 0 aliphatic carbocycles. The van der Waals surface area contributed by atoms with Crippen molar-refractivity contribution < 1.29 is 4.79 Å². The maximum absolute atomic E-state index is 11.6. The van der Waals surface area contributed by atoms with Gasteiger partial charge in [-0.2, -0.15) is 8.75 Å². The zero-order chi connectivity index (χ0) is 11.5. The Hall–Kier alpha value is -0.880. The van der Waals surface area contributed by atoms with E-state index >= 15 is 0 Å². The monoisotopic (exact) mass is 260 g/mol. The van der Waals surface area contributed by atoms with E-state index in [4.69, 9.17) is 11.6 Å². The van der Waals surface area contributed by atoms with Gasteiger partial charge in [0.2, 0.25) is 5.91 Å². The average Bonchev–Trinajstić information content (AvgIpc) is 2.74. The fraction of sp³-hybridized carbons (Fsp3) is 0.667. The normalized spacial score (nSPS) is 20.9. The molecule has 16 heavy (non-hydrogen) atoms. The van der Waals surface area contributed by atoms with E-state index in [1.165, 1.54) is 0 Å². The lowest BCUT2D eigenvalue weighted by molar-refractivity contribution is -0.124. The molecule has 1 aliphatic heterocycles. The third-order valence-corrected chi connectivity index (χ3v) is 3.64. The van der Waals surface area contributed by atoms with Crippen LogP contribution in [-0.2, 0) is 4.79 Å². The lowest BCUT2D eigenvalue weighted by atomic mass is 9.97. The molecule has 1 aliphatic rings. The molecule has 0 bridgehead atoms. The van der Waals surface area contributed by atoms with Gasteiger partial charge in [0.25, 0.3) is 0 Å². The summed E-state index contributed by atoms with van der Waals surface area (Å²) in [6.45, 7) is 1.56. The Morgan fingerprint density at radius 3 is 3.06 bits per heavy atom. The van der Waals surface area contributed by atoms with Crippen LogP contribution in [0, 0.1) is 5.92 Å². The third kappa shape index (κ3) is 2.27. The summed E-state index contributed by atoms with van der Waals surface area (Å²) in [4.78, 5) is 13.6. The molecule has 1 fully saturated rings. The van der Waals surface area contributed by atoms with Gasteiger partial charge in [-0.1, -0.05) is 11.6 Å². The minimum atomic E-state index is 0.0246. The smallest absolute Gasteiger partial charge is 0.224 e. The van der Waals surface area contributed by atoms with Gasteiger partial charge in [-0.25, -0.2) is 0 Å². The molecule has 7 heteroatoms. The molecule has 5 nitrogen and oxygen atoms in total. The molecular formula is C9H13ClN4OS. The first-order chi connectivity index (χ1) is 7.72. The Labute approximate surface area is 103 Å². The van der Waals surface area contributed by atoms with E-state index in [2.05, 4.69) is 14.1 Å². The highest BCUT2D eigenvalue weighted by atomic mass is 35.5. The fourth-order valence-corrected chi connectivity index (χ4v) is 2.73. The van der Waals surface area contributed by atoms with Gasteiger partial charge >= 0.3 is 0 Å². The Balaban J connectivity index is 2.07. The van der Waals surface area contributed by atoms with Crippen molar-refractivity contribution in [3.8, 4) is 0 Å². The summed E-state index contributed by atoms with van der Waals surface area (Å²) in [7, 11) is 1.67. The summed E-state index contributed by atoms with van der Waals surface area (Å²) >= 11 is 7.03. The lowest BCUT2D eigenvalue weighted by Gasteiger charge is -2.31. The van der Waals surface area contributed by atoms with E-state index in [9.17, 15) is 4.79 Å². The first-order valence-electron chi connectivity index (χ1n) is 5.17. The van der Waals surface area contributed by atoms with Crippen molar-refractivity contribution in [1.82, 2.24) is 14.1 Å². The largest absolute Gasteiger partial charge is 0.359 e. The van der Waals surface area contributed by atoms with E-state index < -0.39 is 0 Å². The molecule has 1 aromatic rings. The molecule has 0 spiro atoms. The van der Waals surface area contributed by atoms with Crippen LogP contribution in [0.25, 0.3) is 0 Å². The van der Waals surface area contributed by atoms with Crippen molar-refractivity contribution in [2.75, 3.05) is 25.0 Å². The molecular weight excluding hydrogens is 248 g/mol. The second-order valence-corrected chi connectivity index (χ2v) is 4.66. The number of hydrogen-bond donors (Lipinski definition) is 1. The highest BCUT2D eigenvalue weighted by Gasteiger charge is 2.27. The van der Waals surface area contributed by atoms with Gasteiger partial charge in [-0.15, -0.1) is 0 Å². The zero-order valence-corrected chi connectivity index (χ0v) is 10.5. The molecule has 0 saturated carbocycles. The number of nitrogens with zero attached hydrogens (tertiary/aromatic N) is 3. The van der Waals surface area contributed by atoms with Crippen molar-refractivity contribution in [3.05, 3.63) is 5.15 Å². The van der Waals surface area contributed by atoms with E-state index in [0.717, 1.165) is 31.1 Å². The molecule has 1 unspecified atom stereocenters. The van der Waals surface area contributed by atoms with Crippen LogP contribution < -0.4 is 10.2 Å². The number of amides is 1. The summed E-state index contributed by atoms with van der Waals surface area (Å²) < 4.78 is 8.09. The topological polar surface area (TPSA) is 58.1 Å². The average molecular weight is 261 g/mol. The van der Waals surface area contributed by atoms with E-state index in [0.29, 0.717) is 17.5 Å². The quantitative estimate of drug-likeness (QED) is 0.867. The third-order valence-electron chi connectivity index (χ3n) is 2.77. The second kappa shape index (κ2) is 4.97. The van der Waals surface area contributed by atoms with Gasteiger partial charge in [-0.3, -0.25) is 4.79 Å². The molecule has 88 valence electrons. The summed E-state index contributed by atoms with van der Waals surface area (Å²) in [6, 6.07) is 0. The Kier molecular flexibility index (Phi) is 3.60. The number of nitrogens with one attached hydrogen (secondary N) is 1. The van der Waals surface area contributed by atoms with Gasteiger partial charge in [0, 0.05) is 20.1 Å². The van der Waals surface area contributed by atoms with Gasteiger partial charge in [0.15, 0.2) is 11.0 Å². The molecule has 2 heterocycles. The van der Waals surface area contributed by atoms with E-state index in [1.54, 1.807) is 7.05 Å². The number of aromatic nitrogens is 2. The highest BCUT2D eigenvalue weighted by molar-refractivity contribution is 6.99. The summed E-state index contributed by atoms with van der Waals surface area (Å²) in [6.07, 6.45) is 1.90. The minimum absolute atomic E-state index is 0.0246. The van der Waals surface area contributed by atoms with E-state index in [1.807, 2.05) is 4.90 Å².